The highest BCUT2D eigenvalue weighted by molar-refractivity contribution is 5.70. The number of aliphatic hydroxyl groups is 2. The van der Waals surface area contributed by atoms with Crippen molar-refractivity contribution in [3.05, 3.63) is 119 Å². The van der Waals surface area contributed by atoms with E-state index in [9.17, 15) is 19.8 Å². The van der Waals surface area contributed by atoms with E-state index in [0.29, 0.717) is 45.6 Å². The summed E-state index contributed by atoms with van der Waals surface area (Å²) in [6.45, 7) is 4.47. The van der Waals surface area contributed by atoms with Crippen molar-refractivity contribution in [1.82, 2.24) is 20.6 Å². The van der Waals surface area contributed by atoms with E-state index in [2.05, 4.69) is 26.7 Å². The zero-order valence-electron chi connectivity index (χ0n) is 30.2. The Kier molecular flexibility index (Phi) is 15.1. The molecule has 5 N–H and O–H groups in total. The number of nitrogens with zero attached hydrogens (tertiary/aromatic N) is 2. The molecule has 2 aromatic carbocycles. The summed E-state index contributed by atoms with van der Waals surface area (Å²) in [5.74, 6) is 0.743. The van der Waals surface area contributed by atoms with Gasteiger partial charge in [0, 0.05) is 68.5 Å². The second kappa shape index (κ2) is 20.4. The Morgan fingerprint density at radius 1 is 0.811 bits per heavy atom. The number of aliphatic hydroxyl groups excluding tert-OH is 2. The molecular formula is C41H50N4O8. The number of pyridine rings is 2. The number of carboxylic acid groups (broad SMARTS) is 1. The van der Waals surface area contributed by atoms with E-state index in [1.165, 1.54) is 5.56 Å². The van der Waals surface area contributed by atoms with Crippen molar-refractivity contribution in [3.8, 4) is 11.5 Å². The van der Waals surface area contributed by atoms with Gasteiger partial charge in [0.25, 0.3) is 0 Å². The minimum atomic E-state index is -0.828. The van der Waals surface area contributed by atoms with Crippen LogP contribution in [-0.2, 0) is 40.0 Å². The summed E-state index contributed by atoms with van der Waals surface area (Å²) in [5.41, 5.74) is 5.77. The molecule has 0 spiro atoms. The van der Waals surface area contributed by atoms with Crippen LogP contribution in [0.4, 0.5) is 0 Å². The molecule has 282 valence electrons. The highest BCUT2D eigenvalue weighted by Crippen LogP contribution is 2.30. The van der Waals surface area contributed by atoms with Gasteiger partial charge in [-0.3, -0.25) is 19.6 Å². The molecule has 2 aliphatic heterocycles. The number of fused-ring (bicyclic) bond motifs is 2. The van der Waals surface area contributed by atoms with Crippen LogP contribution in [0.3, 0.4) is 0 Å². The first-order chi connectivity index (χ1) is 25.8. The number of ether oxygens (including phenoxy) is 3. The highest BCUT2D eigenvalue weighted by Gasteiger charge is 2.22. The Balaban J connectivity index is 0.000000206. The quantitative estimate of drug-likeness (QED) is 0.104. The topological polar surface area (TPSA) is 172 Å². The van der Waals surface area contributed by atoms with Crippen LogP contribution >= 0.6 is 0 Å². The molecule has 0 fully saturated rings. The summed E-state index contributed by atoms with van der Waals surface area (Å²) >= 11 is 0. The number of hydrogen-bond acceptors (Lipinski definition) is 11. The predicted octanol–water partition coefficient (Wildman–Crippen LogP) is 4.32. The van der Waals surface area contributed by atoms with E-state index in [-0.39, 0.29) is 24.6 Å². The van der Waals surface area contributed by atoms with Crippen molar-refractivity contribution in [2.45, 2.75) is 76.3 Å². The second-order valence-electron chi connectivity index (χ2n) is 13.2. The van der Waals surface area contributed by atoms with Gasteiger partial charge in [-0.15, -0.1) is 0 Å². The third kappa shape index (κ3) is 12.6. The average Bonchev–Trinajstić information content (AvgIpc) is 3.18. The van der Waals surface area contributed by atoms with Crippen LogP contribution in [-0.4, -0.2) is 82.2 Å². The number of carboxylic acids is 1. The Morgan fingerprint density at radius 2 is 1.34 bits per heavy atom. The molecule has 4 aromatic rings. The van der Waals surface area contributed by atoms with Gasteiger partial charge in [-0.05, 0) is 85.5 Å². The van der Waals surface area contributed by atoms with Crippen LogP contribution in [0.5, 0.6) is 11.5 Å². The maximum atomic E-state index is 11.5. The smallest absolute Gasteiger partial charge is 0.307 e. The normalized spacial score (nSPS) is 17.0. The van der Waals surface area contributed by atoms with Crippen molar-refractivity contribution in [1.29, 1.82) is 0 Å². The minimum Gasteiger partial charge on any atom is -0.489 e. The summed E-state index contributed by atoms with van der Waals surface area (Å²) < 4.78 is 17.0. The zero-order chi connectivity index (χ0) is 37.4. The zero-order valence-corrected chi connectivity index (χ0v) is 30.2. The van der Waals surface area contributed by atoms with Gasteiger partial charge in [0.2, 0.25) is 0 Å². The molecule has 0 amide bonds. The first-order valence-electron chi connectivity index (χ1n) is 18.3. The summed E-state index contributed by atoms with van der Waals surface area (Å²) in [6.07, 6.45) is 10.4. The molecule has 4 heterocycles. The number of rotatable bonds is 16. The van der Waals surface area contributed by atoms with Gasteiger partial charge in [0.15, 0.2) is 0 Å². The molecule has 2 aromatic heterocycles. The van der Waals surface area contributed by atoms with Crippen LogP contribution in [0.1, 0.15) is 71.8 Å². The van der Waals surface area contributed by atoms with Gasteiger partial charge in [-0.25, -0.2) is 0 Å². The predicted molar refractivity (Wildman–Crippen MR) is 199 cm³/mol. The number of hydrogen-bond donors (Lipinski definition) is 5. The monoisotopic (exact) mass is 726 g/mol. The van der Waals surface area contributed by atoms with E-state index >= 15 is 0 Å². The molecule has 12 heteroatoms. The number of aryl methyl sites for hydroxylation is 3. The lowest BCUT2D eigenvalue weighted by Gasteiger charge is -2.27. The number of benzene rings is 2. The van der Waals surface area contributed by atoms with Gasteiger partial charge >= 0.3 is 11.9 Å². The van der Waals surface area contributed by atoms with Crippen molar-refractivity contribution in [2.75, 3.05) is 32.8 Å². The third-order valence-corrected chi connectivity index (χ3v) is 9.14. The summed E-state index contributed by atoms with van der Waals surface area (Å²) in [7, 11) is 0. The molecule has 2 aliphatic rings. The van der Waals surface area contributed by atoms with Gasteiger partial charge in [-0.1, -0.05) is 36.4 Å². The first kappa shape index (κ1) is 39.3. The maximum Gasteiger partial charge on any atom is 0.307 e. The number of carbonyl (C=O) groups is 2. The number of carbonyl (C=O) groups excluding carboxylic acids is 1. The van der Waals surface area contributed by atoms with E-state index in [4.69, 9.17) is 19.3 Å². The molecule has 4 unspecified atom stereocenters. The summed E-state index contributed by atoms with van der Waals surface area (Å²) in [5, 5.41) is 35.7. The van der Waals surface area contributed by atoms with Crippen molar-refractivity contribution < 1.29 is 39.1 Å². The Labute approximate surface area is 310 Å². The van der Waals surface area contributed by atoms with Crippen LogP contribution in [0.25, 0.3) is 0 Å². The van der Waals surface area contributed by atoms with E-state index in [1.807, 2.05) is 49.4 Å². The first-order valence-corrected chi connectivity index (χ1v) is 18.3. The SMILES string of the molecule is CCOC(=O)CCc1ccc2c(c1)CCC(CNCC(O)c1cccnc1)O2.O=C(O)Cc1ccc2c(c1)CCC(CNCC(O)c1cccnc1)O2. The lowest BCUT2D eigenvalue weighted by Crippen LogP contribution is -2.36. The van der Waals surface area contributed by atoms with Crippen LogP contribution in [0.2, 0.25) is 0 Å². The largest absolute Gasteiger partial charge is 0.489 e. The van der Waals surface area contributed by atoms with Gasteiger partial charge < -0.3 is 40.2 Å². The molecule has 0 radical (unpaired) electrons. The van der Waals surface area contributed by atoms with Crippen molar-refractivity contribution in [3.63, 3.8) is 0 Å². The fourth-order valence-corrected chi connectivity index (χ4v) is 6.35. The number of aliphatic carboxylic acids is 1. The lowest BCUT2D eigenvalue weighted by molar-refractivity contribution is -0.143. The lowest BCUT2D eigenvalue weighted by atomic mass is 9.98. The van der Waals surface area contributed by atoms with Crippen LogP contribution in [0, 0.1) is 0 Å². The molecule has 0 bridgehead atoms. The molecule has 0 saturated carbocycles. The van der Waals surface area contributed by atoms with Crippen molar-refractivity contribution in [2.24, 2.45) is 0 Å². The minimum absolute atomic E-state index is 0.0322. The summed E-state index contributed by atoms with van der Waals surface area (Å²) in [6, 6.07) is 19.0. The second-order valence-corrected chi connectivity index (χ2v) is 13.2. The fraction of sp³-hybridized carbons (Fsp3) is 0.415. The highest BCUT2D eigenvalue weighted by atomic mass is 16.5. The van der Waals surface area contributed by atoms with Crippen molar-refractivity contribution >= 4 is 11.9 Å². The maximum absolute atomic E-state index is 11.5. The number of nitrogens with one attached hydrogen (secondary N) is 2. The molecular weight excluding hydrogens is 676 g/mol. The molecule has 6 rings (SSSR count). The van der Waals surface area contributed by atoms with E-state index in [1.54, 1.807) is 36.9 Å². The number of aromatic nitrogens is 2. The molecule has 0 saturated heterocycles. The van der Waals surface area contributed by atoms with Crippen LogP contribution < -0.4 is 20.1 Å². The van der Waals surface area contributed by atoms with E-state index < -0.39 is 18.2 Å². The summed E-state index contributed by atoms with van der Waals surface area (Å²) in [4.78, 5) is 30.3. The van der Waals surface area contributed by atoms with Gasteiger partial charge in [0.05, 0.1) is 25.2 Å². The molecule has 4 atom stereocenters. The molecule has 12 nitrogen and oxygen atoms in total. The van der Waals surface area contributed by atoms with Gasteiger partial charge in [0.1, 0.15) is 23.7 Å². The Morgan fingerprint density at radius 3 is 1.83 bits per heavy atom. The number of esters is 1. The fourth-order valence-electron chi connectivity index (χ4n) is 6.35. The molecule has 53 heavy (non-hydrogen) atoms. The Bertz CT molecular complexity index is 1740. The van der Waals surface area contributed by atoms with Gasteiger partial charge in [-0.2, -0.15) is 0 Å². The molecule has 0 aliphatic carbocycles. The Hall–Kier alpha value is -4.88. The third-order valence-electron chi connectivity index (χ3n) is 9.14. The van der Waals surface area contributed by atoms with Crippen LogP contribution in [0.15, 0.2) is 85.5 Å². The van der Waals surface area contributed by atoms with E-state index in [0.717, 1.165) is 65.0 Å². The average molecular weight is 727 g/mol. The standard InChI is InChI=1S/C22H28N2O4.C19H22N2O4/c1-2-27-22(26)10-6-16-5-9-21-17(12-16)7-8-19(28-21)14-24-15-20(25)18-4-3-11-23-13-18;22-17(15-2-1-7-20-10-15)12-21-11-16-5-4-14-8-13(9-19(23)24)3-6-18(14)25-16/h3-5,9,11-13,19-20,24-25H,2,6-8,10,14-15H2,1H3;1-3,6-8,10,16-17,21-22H,4-5,9,11-12H2,(H,23,24).